The van der Waals surface area contributed by atoms with Crippen molar-refractivity contribution in [2.45, 2.75) is 11.3 Å². The van der Waals surface area contributed by atoms with Gasteiger partial charge in [-0.15, -0.1) is 0 Å². The molecule has 8 nitrogen and oxygen atoms in total. The fraction of sp³-hybridized carbons (Fsp3) is 0.318. The molecule has 0 aliphatic carbocycles. The fourth-order valence-electron chi connectivity index (χ4n) is 3.41. The number of rotatable bonds is 5. The number of carbonyl (C=O) groups is 1. The minimum atomic E-state index is -4.05. The Labute approximate surface area is 195 Å². The van der Waals surface area contributed by atoms with Gasteiger partial charge < -0.3 is 19.5 Å². The van der Waals surface area contributed by atoms with E-state index in [2.05, 4.69) is 5.32 Å². The van der Waals surface area contributed by atoms with Crippen LogP contribution in [0.5, 0.6) is 11.5 Å². The molecular formula is C22H22ClFN2O6S. The van der Waals surface area contributed by atoms with Gasteiger partial charge in [-0.3, -0.25) is 4.79 Å². The SMILES string of the molecule is O=C(/C=C/c1cc(Cl)c2c(c1)OCCCO2)Nc1ccc(F)c(S(=O)(=O)N2CCOCC2)c1. The molecule has 2 aromatic rings. The number of benzene rings is 2. The highest BCUT2D eigenvalue weighted by Crippen LogP contribution is 2.38. The van der Waals surface area contributed by atoms with Crippen molar-refractivity contribution in [2.75, 3.05) is 44.8 Å². The summed E-state index contributed by atoms with van der Waals surface area (Å²) in [4.78, 5) is 11.9. The number of carbonyl (C=O) groups excluding carboxylic acids is 1. The third kappa shape index (κ3) is 5.47. The molecule has 2 aromatic carbocycles. The molecule has 0 bridgehead atoms. The topological polar surface area (TPSA) is 94.2 Å². The molecule has 33 heavy (non-hydrogen) atoms. The third-order valence-electron chi connectivity index (χ3n) is 5.04. The van der Waals surface area contributed by atoms with Crippen LogP contribution < -0.4 is 14.8 Å². The van der Waals surface area contributed by atoms with E-state index in [4.69, 9.17) is 25.8 Å². The highest BCUT2D eigenvalue weighted by Gasteiger charge is 2.29. The maximum absolute atomic E-state index is 14.3. The summed E-state index contributed by atoms with van der Waals surface area (Å²) in [5.41, 5.74) is 0.767. The van der Waals surface area contributed by atoms with Gasteiger partial charge in [-0.1, -0.05) is 11.6 Å². The van der Waals surface area contributed by atoms with E-state index >= 15 is 0 Å². The smallest absolute Gasteiger partial charge is 0.248 e. The molecule has 176 valence electrons. The van der Waals surface area contributed by atoms with Crippen LogP contribution in [0.2, 0.25) is 5.02 Å². The van der Waals surface area contributed by atoms with Gasteiger partial charge in [0, 0.05) is 31.3 Å². The normalized spacial score (nSPS) is 17.0. The summed E-state index contributed by atoms with van der Waals surface area (Å²) < 4.78 is 57.5. The maximum atomic E-state index is 14.3. The molecule has 1 fully saturated rings. The van der Waals surface area contributed by atoms with Crippen molar-refractivity contribution in [1.29, 1.82) is 0 Å². The van der Waals surface area contributed by atoms with Crippen molar-refractivity contribution in [2.24, 2.45) is 0 Å². The Kier molecular flexibility index (Phi) is 7.18. The molecule has 2 aliphatic rings. The number of hydrogen-bond donors (Lipinski definition) is 1. The number of ether oxygens (including phenoxy) is 3. The van der Waals surface area contributed by atoms with E-state index < -0.39 is 26.6 Å². The largest absolute Gasteiger partial charge is 0.489 e. The summed E-state index contributed by atoms with van der Waals surface area (Å²) >= 11 is 6.26. The van der Waals surface area contributed by atoms with E-state index in [1.807, 2.05) is 0 Å². The molecule has 0 spiro atoms. The highest BCUT2D eigenvalue weighted by molar-refractivity contribution is 7.89. The van der Waals surface area contributed by atoms with Gasteiger partial charge in [-0.25, -0.2) is 12.8 Å². The Bertz CT molecular complexity index is 1180. The quantitative estimate of drug-likeness (QED) is 0.638. The van der Waals surface area contributed by atoms with Crippen molar-refractivity contribution >= 4 is 39.3 Å². The van der Waals surface area contributed by atoms with Crippen molar-refractivity contribution in [3.05, 3.63) is 52.8 Å². The van der Waals surface area contributed by atoms with Gasteiger partial charge in [-0.2, -0.15) is 4.31 Å². The second-order valence-electron chi connectivity index (χ2n) is 7.36. The van der Waals surface area contributed by atoms with Crippen LogP contribution in [0.4, 0.5) is 10.1 Å². The van der Waals surface area contributed by atoms with E-state index in [-0.39, 0.29) is 32.0 Å². The van der Waals surface area contributed by atoms with E-state index in [0.717, 1.165) is 22.9 Å². The zero-order valence-electron chi connectivity index (χ0n) is 17.6. The van der Waals surface area contributed by atoms with Crippen LogP contribution in [-0.2, 0) is 19.6 Å². The maximum Gasteiger partial charge on any atom is 0.248 e. The predicted octanol–water partition coefficient (Wildman–Crippen LogP) is 3.31. The summed E-state index contributed by atoms with van der Waals surface area (Å²) in [5, 5.41) is 2.92. The van der Waals surface area contributed by atoms with Crippen molar-refractivity contribution < 1.29 is 31.8 Å². The monoisotopic (exact) mass is 496 g/mol. The Morgan fingerprint density at radius 1 is 1.09 bits per heavy atom. The Morgan fingerprint density at radius 2 is 1.85 bits per heavy atom. The van der Waals surface area contributed by atoms with Crippen LogP contribution in [0, 0.1) is 5.82 Å². The van der Waals surface area contributed by atoms with E-state index in [9.17, 15) is 17.6 Å². The molecule has 1 amide bonds. The number of amides is 1. The number of halogens is 2. The molecule has 2 heterocycles. The second kappa shape index (κ2) is 10.1. The minimum absolute atomic E-state index is 0.138. The standard InChI is InChI=1S/C22H22ClFN2O6S/c23-17-12-15(13-19-22(17)32-9-1-8-31-19)2-5-21(27)25-16-3-4-18(24)20(14-16)33(28,29)26-6-10-30-11-7-26/h2-5,12-14H,1,6-11H2,(H,25,27)/b5-2+. The van der Waals surface area contributed by atoms with Crippen molar-refractivity contribution in [3.63, 3.8) is 0 Å². The lowest BCUT2D eigenvalue weighted by molar-refractivity contribution is -0.111. The molecule has 0 radical (unpaired) electrons. The molecule has 2 aliphatic heterocycles. The van der Waals surface area contributed by atoms with Gasteiger partial charge in [0.05, 0.1) is 31.5 Å². The molecular weight excluding hydrogens is 475 g/mol. The number of morpholine rings is 1. The molecule has 0 atom stereocenters. The second-order valence-corrected chi connectivity index (χ2v) is 9.68. The van der Waals surface area contributed by atoms with Crippen LogP contribution in [0.1, 0.15) is 12.0 Å². The summed E-state index contributed by atoms with van der Waals surface area (Å²) in [7, 11) is -4.05. The molecule has 1 N–H and O–H groups in total. The van der Waals surface area contributed by atoms with Crippen LogP contribution in [-0.4, -0.2) is 58.1 Å². The Morgan fingerprint density at radius 3 is 2.64 bits per heavy atom. The van der Waals surface area contributed by atoms with E-state index in [1.165, 1.54) is 18.2 Å². The first-order valence-electron chi connectivity index (χ1n) is 10.3. The number of anilines is 1. The summed E-state index contributed by atoms with van der Waals surface area (Å²) in [5.74, 6) is -0.455. The first-order valence-corrected chi connectivity index (χ1v) is 12.1. The van der Waals surface area contributed by atoms with Crippen LogP contribution in [0.25, 0.3) is 6.08 Å². The summed E-state index contributed by atoms with van der Waals surface area (Å²) in [6.45, 7) is 1.76. The number of nitrogens with one attached hydrogen (secondary N) is 1. The highest BCUT2D eigenvalue weighted by atomic mass is 35.5. The molecule has 4 rings (SSSR count). The van der Waals surface area contributed by atoms with Crippen molar-refractivity contribution in [1.82, 2.24) is 4.31 Å². The van der Waals surface area contributed by atoms with Crippen LogP contribution in [0.15, 0.2) is 41.3 Å². The average molecular weight is 497 g/mol. The first kappa shape index (κ1) is 23.5. The lowest BCUT2D eigenvalue weighted by atomic mass is 10.2. The summed E-state index contributed by atoms with van der Waals surface area (Å²) in [6.07, 6.45) is 3.53. The molecule has 1 saturated heterocycles. The van der Waals surface area contributed by atoms with Gasteiger partial charge in [0.2, 0.25) is 15.9 Å². The zero-order valence-corrected chi connectivity index (χ0v) is 19.1. The van der Waals surface area contributed by atoms with Crippen LogP contribution >= 0.6 is 11.6 Å². The first-order chi connectivity index (χ1) is 15.8. The lowest BCUT2D eigenvalue weighted by Gasteiger charge is -2.26. The number of fused-ring (bicyclic) bond motifs is 1. The summed E-state index contributed by atoms with van der Waals surface area (Å²) in [6, 6.07) is 6.77. The number of sulfonamides is 1. The van der Waals surface area contributed by atoms with Gasteiger partial charge in [0.15, 0.2) is 11.5 Å². The predicted molar refractivity (Wildman–Crippen MR) is 121 cm³/mol. The molecule has 0 aromatic heterocycles. The van der Waals surface area contributed by atoms with Gasteiger partial charge in [0.1, 0.15) is 10.7 Å². The third-order valence-corrected chi connectivity index (χ3v) is 7.23. The molecule has 0 saturated carbocycles. The van der Waals surface area contributed by atoms with Gasteiger partial charge in [-0.05, 0) is 42.0 Å². The Balaban J connectivity index is 1.49. The number of nitrogens with zero attached hydrogens (tertiary/aromatic N) is 1. The van der Waals surface area contributed by atoms with Crippen LogP contribution in [0.3, 0.4) is 0 Å². The van der Waals surface area contributed by atoms with E-state index in [0.29, 0.717) is 35.3 Å². The zero-order chi connectivity index (χ0) is 23.4. The number of hydrogen-bond acceptors (Lipinski definition) is 6. The molecule has 0 unspecified atom stereocenters. The Hall–Kier alpha value is -2.66. The van der Waals surface area contributed by atoms with E-state index in [1.54, 1.807) is 12.1 Å². The fourth-order valence-corrected chi connectivity index (χ4v) is 5.18. The van der Waals surface area contributed by atoms with Crippen molar-refractivity contribution in [3.8, 4) is 11.5 Å². The van der Waals surface area contributed by atoms with Gasteiger partial charge in [0.25, 0.3) is 0 Å². The molecule has 11 heteroatoms. The lowest BCUT2D eigenvalue weighted by Crippen LogP contribution is -2.40. The van der Waals surface area contributed by atoms with Gasteiger partial charge >= 0.3 is 0 Å². The average Bonchev–Trinajstić information content (AvgIpc) is 3.05. The minimum Gasteiger partial charge on any atom is -0.489 e.